The molecule has 1 aliphatic heterocycles. The predicted molar refractivity (Wildman–Crippen MR) is 97.9 cm³/mol. The van der Waals surface area contributed by atoms with Gasteiger partial charge in [0.1, 0.15) is 5.69 Å². The largest absolute Gasteiger partial charge is 0.424 e. The van der Waals surface area contributed by atoms with Gasteiger partial charge in [-0.25, -0.2) is 0 Å². The van der Waals surface area contributed by atoms with E-state index in [0.717, 1.165) is 30.4 Å². The third-order valence-electron chi connectivity index (χ3n) is 5.05. The van der Waals surface area contributed by atoms with Gasteiger partial charge in [-0.15, -0.1) is 10.2 Å². The minimum Gasteiger partial charge on any atom is -0.424 e. The maximum absolute atomic E-state index is 12.8. The van der Waals surface area contributed by atoms with Gasteiger partial charge in [-0.05, 0) is 19.1 Å². The molecule has 1 aliphatic rings. The summed E-state index contributed by atoms with van der Waals surface area (Å²) in [5, 5.41) is 9.25. The van der Waals surface area contributed by atoms with Crippen LogP contribution in [0.25, 0.3) is 10.9 Å². The standard InChI is InChI=1S/C19H23N5O2/c1-3-17-21-22-18(26-17)13(2)23-8-10-24(11-9-23)19(25)16-12-14-6-4-5-7-15(14)20-16/h4-7,12-13,20H,3,8-11H2,1-2H3. The molecule has 1 unspecified atom stereocenters. The second-order valence-corrected chi connectivity index (χ2v) is 6.66. The third kappa shape index (κ3) is 3.10. The van der Waals surface area contributed by atoms with Gasteiger partial charge in [-0.3, -0.25) is 9.69 Å². The van der Waals surface area contributed by atoms with Crippen LogP contribution in [-0.4, -0.2) is 57.1 Å². The number of fused-ring (bicyclic) bond motifs is 1. The van der Waals surface area contributed by atoms with Crippen LogP contribution in [0.3, 0.4) is 0 Å². The number of carbonyl (C=O) groups is 1. The van der Waals surface area contributed by atoms with E-state index in [1.54, 1.807) is 0 Å². The zero-order valence-electron chi connectivity index (χ0n) is 15.1. The van der Waals surface area contributed by atoms with Crippen LogP contribution in [0.15, 0.2) is 34.7 Å². The van der Waals surface area contributed by atoms with Crippen LogP contribution in [0.2, 0.25) is 0 Å². The van der Waals surface area contributed by atoms with Crippen molar-refractivity contribution < 1.29 is 9.21 Å². The zero-order valence-corrected chi connectivity index (χ0v) is 15.1. The van der Waals surface area contributed by atoms with Crippen molar-refractivity contribution in [3.8, 4) is 0 Å². The number of hydrogen-bond acceptors (Lipinski definition) is 5. The molecule has 0 saturated carbocycles. The Hall–Kier alpha value is -2.67. The number of piperazine rings is 1. The molecule has 136 valence electrons. The van der Waals surface area contributed by atoms with Gasteiger partial charge < -0.3 is 14.3 Å². The number of benzene rings is 1. The van der Waals surface area contributed by atoms with Gasteiger partial charge in [-0.2, -0.15) is 0 Å². The van der Waals surface area contributed by atoms with E-state index in [2.05, 4.69) is 27.0 Å². The fraction of sp³-hybridized carbons (Fsp3) is 0.421. The summed E-state index contributed by atoms with van der Waals surface area (Å²) in [7, 11) is 0. The zero-order chi connectivity index (χ0) is 18.1. The number of para-hydroxylation sites is 1. The molecule has 4 rings (SSSR count). The molecule has 0 radical (unpaired) electrons. The Morgan fingerprint density at radius 3 is 2.69 bits per heavy atom. The van der Waals surface area contributed by atoms with Gasteiger partial charge >= 0.3 is 0 Å². The third-order valence-corrected chi connectivity index (χ3v) is 5.05. The second-order valence-electron chi connectivity index (χ2n) is 6.66. The molecule has 26 heavy (non-hydrogen) atoms. The molecule has 1 amide bonds. The molecule has 1 fully saturated rings. The fourth-order valence-corrected chi connectivity index (χ4v) is 3.41. The van der Waals surface area contributed by atoms with E-state index in [-0.39, 0.29) is 11.9 Å². The lowest BCUT2D eigenvalue weighted by Gasteiger charge is -2.36. The number of rotatable bonds is 4. The Bertz CT molecular complexity index is 874. The quantitative estimate of drug-likeness (QED) is 0.780. The van der Waals surface area contributed by atoms with Crippen LogP contribution in [0, 0.1) is 0 Å². The molecule has 7 heteroatoms. The van der Waals surface area contributed by atoms with Gasteiger partial charge in [0.25, 0.3) is 5.91 Å². The van der Waals surface area contributed by atoms with Gasteiger partial charge in [0, 0.05) is 43.5 Å². The highest BCUT2D eigenvalue weighted by Crippen LogP contribution is 2.22. The van der Waals surface area contributed by atoms with E-state index in [1.165, 1.54) is 0 Å². The molecule has 0 spiro atoms. The number of hydrogen-bond donors (Lipinski definition) is 1. The lowest BCUT2D eigenvalue weighted by molar-refractivity contribution is 0.0553. The summed E-state index contributed by atoms with van der Waals surface area (Å²) in [6.07, 6.45) is 0.743. The van der Waals surface area contributed by atoms with Crippen LogP contribution in [0.5, 0.6) is 0 Å². The smallest absolute Gasteiger partial charge is 0.270 e. The van der Waals surface area contributed by atoms with E-state index in [4.69, 9.17) is 4.42 Å². The van der Waals surface area contributed by atoms with Crippen molar-refractivity contribution in [2.24, 2.45) is 0 Å². The summed E-state index contributed by atoms with van der Waals surface area (Å²) in [5.74, 6) is 1.37. The first kappa shape index (κ1) is 16.8. The van der Waals surface area contributed by atoms with Crippen molar-refractivity contribution in [3.63, 3.8) is 0 Å². The number of amides is 1. The summed E-state index contributed by atoms with van der Waals surface area (Å²) in [5.41, 5.74) is 1.64. The van der Waals surface area contributed by atoms with Crippen molar-refractivity contribution >= 4 is 16.8 Å². The molecule has 3 heterocycles. The highest BCUT2D eigenvalue weighted by molar-refractivity contribution is 5.98. The van der Waals surface area contributed by atoms with Crippen LogP contribution in [0.4, 0.5) is 0 Å². The second kappa shape index (κ2) is 6.92. The summed E-state index contributed by atoms with van der Waals surface area (Å²) in [4.78, 5) is 20.2. The molecular formula is C19H23N5O2. The normalized spacial score (nSPS) is 16.9. The van der Waals surface area contributed by atoms with Gasteiger partial charge in [0.2, 0.25) is 11.8 Å². The van der Waals surface area contributed by atoms with E-state index in [1.807, 2.05) is 42.2 Å². The number of carbonyl (C=O) groups excluding carboxylic acids is 1. The number of aryl methyl sites for hydroxylation is 1. The fourth-order valence-electron chi connectivity index (χ4n) is 3.41. The minimum absolute atomic E-state index is 0.0552. The van der Waals surface area contributed by atoms with Gasteiger partial charge in [-0.1, -0.05) is 25.1 Å². The molecule has 0 bridgehead atoms. The van der Waals surface area contributed by atoms with E-state index >= 15 is 0 Å². The number of H-pyrrole nitrogens is 1. The molecule has 0 aliphatic carbocycles. The Kier molecular flexibility index (Phi) is 4.46. The van der Waals surface area contributed by atoms with Crippen LogP contribution in [-0.2, 0) is 6.42 Å². The van der Waals surface area contributed by atoms with E-state index < -0.39 is 0 Å². The average molecular weight is 353 g/mol. The van der Waals surface area contributed by atoms with Crippen LogP contribution in [0.1, 0.15) is 42.2 Å². The van der Waals surface area contributed by atoms with Gasteiger partial charge in [0.05, 0.1) is 6.04 Å². The predicted octanol–water partition coefficient (Wildman–Crippen LogP) is 2.63. The van der Waals surface area contributed by atoms with Crippen molar-refractivity contribution in [1.29, 1.82) is 0 Å². The summed E-state index contributed by atoms with van der Waals surface area (Å²) >= 11 is 0. The maximum atomic E-state index is 12.8. The SMILES string of the molecule is CCc1nnc(C(C)N2CCN(C(=O)c3cc4ccccc4[nH]3)CC2)o1. The maximum Gasteiger partial charge on any atom is 0.270 e. The van der Waals surface area contributed by atoms with E-state index in [0.29, 0.717) is 30.6 Å². The molecule has 1 saturated heterocycles. The van der Waals surface area contributed by atoms with Crippen LogP contribution >= 0.6 is 0 Å². The minimum atomic E-state index is 0.0552. The first-order valence-corrected chi connectivity index (χ1v) is 9.09. The Morgan fingerprint density at radius 1 is 1.23 bits per heavy atom. The summed E-state index contributed by atoms with van der Waals surface area (Å²) in [6.45, 7) is 7.02. The van der Waals surface area contributed by atoms with E-state index in [9.17, 15) is 4.79 Å². The molecule has 1 aromatic carbocycles. The molecule has 2 aromatic heterocycles. The van der Waals surface area contributed by atoms with Crippen molar-refractivity contribution in [1.82, 2.24) is 25.0 Å². The highest BCUT2D eigenvalue weighted by Gasteiger charge is 2.28. The Morgan fingerprint density at radius 2 is 2.00 bits per heavy atom. The first-order valence-electron chi connectivity index (χ1n) is 9.09. The number of aromatic amines is 1. The lowest BCUT2D eigenvalue weighted by atomic mass is 10.2. The van der Waals surface area contributed by atoms with Crippen molar-refractivity contribution in [2.75, 3.05) is 26.2 Å². The Labute approximate surface area is 152 Å². The van der Waals surface area contributed by atoms with Crippen LogP contribution < -0.4 is 0 Å². The number of aromatic nitrogens is 3. The molecule has 3 aromatic rings. The highest BCUT2D eigenvalue weighted by atomic mass is 16.4. The number of nitrogens with zero attached hydrogens (tertiary/aromatic N) is 4. The summed E-state index contributed by atoms with van der Waals surface area (Å²) < 4.78 is 5.68. The Balaban J connectivity index is 1.40. The molecule has 1 atom stereocenters. The van der Waals surface area contributed by atoms with Crippen molar-refractivity contribution in [2.45, 2.75) is 26.3 Å². The molecule has 7 nitrogen and oxygen atoms in total. The first-order chi connectivity index (χ1) is 12.7. The van der Waals surface area contributed by atoms with Crippen molar-refractivity contribution in [3.05, 3.63) is 47.8 Å². The topological polar surface area (TPSA) is 78.3 Å². The number of nitrogens with one attached hydrogen (secondary N) is 1. The van der Waals surface area contributed by atoms with Gasteiger partial charge in [0.15, 0.2) is 0 Å². The molecular weight excluding hydrogens is 330 g/mol. The average Bonchev–Trinajstić information content (AvgIpc) is 3.33. The lowest BCUT2D eigenvalue weighted by Crippen LogP contribution is -2.49. The summed E-state index contributed by atoms with van der Waals surface area (Å²) in [6, 6.07) is 9.93. The molecule has 1 N–H and O–H groups in total. The monoisotopic (exact) mass is 353 g/mol.